The van der Waals surface area contributed by atoms with Crippen molar-refractivity contribution in [3.63, 3.8) is 0 Å². The van der Waals surface area contributed by atoms with Crippen molar-refractivity contribution in [2.45, 2.75) is 51.0 Å². The maximum Gasteiger partial charge on any atom is 0.129 e. The summed E-state index contributed by atoms with van der Waals surface area (Å²) in [6.07, 6.45) is 5.00. The highest BCUT2D eigenvalue weighted by Gasteiger charge is 2.32. The molecule has 1 aliphatic carbocycles. The van der Waals surface area contributed by atoms with Gasteiger partial charge in [0.25, 0.3) is 0 Å². The lowest BCUT2D eigenvalue weighted by atomic mass is 9.73. The monoisotopic (exact) mass is 253 g/mol. The highest BCUT2D eigenvalue weighted by Crippen LogP contribution is 2.39. The van der Waals surface area contributed by atoms with Gasteiger partial charge in [0, 0.05) is 17.5 Å². The van der Waals surface area contributed by atoms with Crippen LogP contribution in [0.25, 0.3) is 0 Å². The van der Waals surface area contributed by atoms with Gasteiger partial charge in [-0.3, -0.25) is 0 Å². The van der Waals surface area contributed by atoms with Crippen LogP contribution in [0.3, 0.4) is 0 Å². The first kappa shape index (κ1) is 13.5. The van der Waals surface area contributed by atoms with Crippen molar-refractivity contribution in [1.82, 2.24) is 0 Å². The summed E-state index contributed by atoms with van der Waals surface area (Å²) in [5.74, 6) is -0.518. The van der Waals surface area contributed by atoms with Gasteiger partial charge in [0.05, 0.1) is 0 Å². The van der Waals surface area contributed by atoms with Gasteiger partial charge in [0.15, 0.2) is 0 Å². The molecule has 0 radical (unpaired) electrons. The van der Waals surface area contributed by atoms with E-state index in [9.17, 15) is 8.78 Å². The zero-order valence-electron chi connectivity index (χ0n) is 10.8. The number of nitrogens with two attached hydrogens (primary N) is 1. The summed E-state index contributed by atoms with van der Waals surface area (Å²) in [6, 6.07) is 3.94. The van der Waals surface area contributed by atoms with Gasteiger partial charge in [-0.2, -0.15) is 0 Å². The topological polar surface area (TPSA) is 26.0 Å². The van der Waals surface area contributed by atoms with Gasteiger partial charge in [0.1, 0.15) is 11.6 Å². The summed E-state index contributed by atoms with van der Waals surface area (Å²) in [6.45, 7) is 2.15. The van der Waals surface area contributed by atoms with Crippen molar-refractivity contribution < 1.29 is 8.78 Å². The van der Waals surface area contributed by atoms with E-state index >= 15 is 0 Å². The summed E-state index contributed by atoms with van der Waals surface area (Å²) in [5.41, 5.74) is 6.27. The van der Waals surface area contributed by atoms with E-state index in [-0.39, 0.29) is 17.5 Å². The standard InChI is InChI=1S/C15H21F2N/c1-2-4-10-7-8-14(18)11(9-10)15-12(16)5-3-6-13(15)17/h3,5-6,10-11,14H,2,4,7-9,18H2,1H3. The molecular weight excluding hydrogens is 232 g/mol. The first-order chi connectivity index (χ1) is 8.63. The summed E-state index contributed by atoms with van der Waals surface area (Å²) >= 11 is 0. The molecule has 1 nitrogen and oxygen atoms in total. The average molecular weight is 253 g/mol. The fourth-order valence-electron chi connectivity index (χ4n) is 3.15. The molecule has 0 saturated heterocycles. The lowest BCUT2D eigenvalue weighted by Crippen LogP contribution is -2.35. The van der Waals surface area contributed by atoms with Crippen LogP contribution >= 0.6 is 0 Å². The molecule has 3 atom stereocenters. The summed E-state index contributed by atoms with van der Waals surface area (Å²) < 4.78 is 27.7. The van der Waals surface area contributed by atoms with E-state index in [1.807, 2.05) is 0 Å². The molecule has 1 aliphatic rings. The zero-order valence-corrected chi connectivity index (χ0v) is 10.8. The average Bonchev–Trinajstić information content (AvgIpc) is 2.33. The van der Waals surface area contributed by atoms with Crippen molar-refractivity contribution >= 4 is 0 Å². The number of hydrogen-bond donors (Lipinski definition) is 1. The Morgan fingerprint density at radius 3 is 2.50 bits per heavy atom. The Kier molecular flexibility index (Phi) is 4.33. The molecular formula is C15H21F2N. The fraction of sp³-hybridized carbons (Fsp3) is 0.600. The van der Waals surface area contributed by atoms with Gasteiger partial charge >= 0.3 is 0 Å². The summed E-state index contributed by atoms with van der Waals surface area (Å²) in [5, 5.41) is 0. The second kappa shape index (κ2) is 5.79. The molecule has 1 fully saturated rings. The van der Waals surface area contributed by atoms with E-state index in [1.165, 1.54) is 18.2 Å². The molecule has 0 spiro atoms. The molecule has 1 aromatic carbocycles. The van der Waals surface area contributed by atoms with Crippen molar-refractivity contribution in [3.8, 4) is 0 Å². The van der Waals surface area contributed by atoms with Crippen LogP contribution < -0.4 is 5.73 Å². The van der Waals surface area contributed by atoms with Gasteiger partial charge in [-0.1, -0.05) is 25.8 Å². The zero-order chi connectivity index (χ0) is 13.1. The van der Waals surface area contributed by atoms with Crippen LogP contribution in [0.5, 0.6) is 0 Å². The normalized spacial score (nSPS) is 28.3. The van der Waals surface area contributed by atoms with Crippen molar-refractivity contribution in [2.24, 2.45) is 11.7 Å². The summed E-state index contributed by atoms with van der Waals surface area (Å²) in [7, 11) is 0. The minimum Gasteiger partial charge on any atom is -0.327 e. The van der Waals surface area contributed by atoms with Gasteiger partial charge in [-0.15, -0.1) is 0 Å². The largest absolute Gasteiger partial charge is 0.327 e. The Labute approximate surface area is 107 Å². The van der Waals surface area contributed by atoms with Crippen molar-refractivity contribution in [2.75, 3.05) is 0 Å². The Morgan fingerprint density at radius 2 is 1.89 bits per heavy atom. The van der Waals surface area contributed by atoms with Gasteiger partial charge in [0.2, 0.25) is 0 Å². The van der Waals surface area contributed by atoms with Crippen LogP contribution in [0, 0.1) is 17.6 Å². The highest BCUT2D eigenvalue weighted by molar-refractivity contribution is 5.26. The minimum atomic E-state index is -0.451. The second-order valence-corrected chi connectivity index (χ2v) is 5.37. The molecule has 1 aromatic rings. The fourth-order valence-corrected chi connectivity index (χ4v) is 3.15. The van der Waals surface area contributed by atoms with Crippen LogP contribution in [0.2, 0.25) is 0 Å². The van der Waals surface area contributed by atoms with E-state index in [2.05, 4.69) is 6.92 Å². The number of halogens is 2. The van der Waals surface area contributed by atoms with E-state index < -0.39 is 11.6 Å². The van der Waals surface area contributed by atoms with Crippen LogP contribution in [0.1, 0.15) is 50.5 Å². The van der Waals surface area contributed by atoms with Gasteiger partial charge < -0.3 is 5.73 Å². The predicted molar refractivity (Wildman–Crippen MR) is 69.3 cm³/mol. The maximum atomic E-state index is 13.8. The molecule has 100 valence electrons. The first-order valence-corrected chi connectivity index (χ1v) is 6.83. The third-order valence-corrected chi connectivity index (χ3v) is 4.08. The lowest BCUT2D eigenvalue weighted by molar-refractivity contribution is 0.266. The van der Waals surface area contributed by atoms with Crippen LogP contribution in [-0.2, 0) is 0 Å². The van der Waals surface area contributed by atoms with Gasteiger partial charge in [-0.25, -0.2) is 8.78 Å². The second-order valence-electron chi connectivity index (χ2n) is 5.37. The Morgan fingerprint density at radius 1 is 1.22 bits per heavy atom. The molecule has 0 amide bonds. The smallest absolute Gasteiger partial charge is 0.129 e. The maximum absolute atomic E-state index is 13.8. The van der Waals surface area contributed by atoms with Crippen LogP contribution in [0.4, 0.5) is 8.78 Å². The van der Waals surface area contributed by atoms with Crippen LogP contribution in [-0.4, -0.2) is 6.04 Å². The molecule has 18 heavy (non-hydrogen) atoms. The molecule has 3 heteroatoms. The Hall–Kier alpha value is -0.960. The minimum absolute atomic E-state index is 0.121. The molecule has 2 rings (SSSR count). The molecule has 1 saturated carbocycles. The van der Waals surface area contributed by atoms with Gasteiger partial charge in [-0.05, 0) is 37.3 Å². The predicted octanol–water partition coefficient (Wildman–Crippen LogP) is 3.98. The van der Waals surface area contributed by atoms with E-state index in [1.54, 1.807) is 0 Å². The molecule has 0 bridgehead atoms. The molecule has 0 aliphatic heterocycles. The van der Waals surface area contributed by atoms with Crippen molar-refractivity contribution in [3.05, 3.63) is 35.4 Å². The van der Waals surface area contributed by atoms with E-state index in [4.69, 9.17) is 5.73 Å². The number of benzene rings is 1. The molecule has 2 N–H and O–H groups in total. The SMILES string of the molecule is CCCC1CCC(N)C(c2c(F)cccc2F)C1. The van der Waals surface area contributed by atoms with Crippen molar-refractivity contribution in [1.29, 1.82) is 0 Å². The quantitative estimate of drug-likeness (QED) is 0.866. The highest BCUT2D eigenvalue weighted by atomic mass is 19.1. The molecule has 0 aromatic heterocycles. The first-order valence-electron chi connectivity index (χ1n) is 6.83. The Bertz CT molecular complexity index is 385. The lowest BCUT2D eigenvalue weighted by Gasteiger charge is -2.34. The third kappa shape index (κ3) is 2.72. The number of rotatable bonds is 3. The molecule has 0 heterocycles. The third-order valence-electron chi connectivity index (χ3n) is 4.08. The van der Waals surface area contributed by atoms with E-state index in [0.29, 0.717) is 5.92 Å². The van der Waals surface area contributed by atoms with Crippen LogP contribution in [0.15, 0.2) is 18.2 Å². The Balaban J connectivity index is 2.24. The summed E-state index contributed by atoms with van der Waals surface area (Å²) in [4.78, 5) is 0. The molecule has 3 unspecified atom stereocenters. The van der Waals surface area contributed by atoms with E-state index in [0.717, 1.165) is 32.1 Å². The number of hydrogen-bond acceptors (Lipinski definition) is 1.